The molecule has 3 heterocycles. The number of pyridine rings is 1. The highest BCUT2D eigenvalue weighted by Crippen LogP contribution is 2.52. The Morgan fingerprint density at radius 3 is 2.42 bits per heavy atom. The molecule has 3 amide bonds. The summed E-state index contributed by atoms with van der Waals surface area (Å²) >= 11 is 8.25. The van der Waals surface area contributed by atoms with Gasteiger partial charge in [0.25, 0.3) is 0 Å². The molecule has 1 aliphatic heterocycles. The van der Waals surface area contributed by atoms with Gasteiger partial charge in [-0.25, -0.2) is 19.6 Å². The maximum Gasteiger partial charge on any atom is 0.408 e. The van der Waals surface area contributed by atoms with Gasteiger partial charge in [-0.1, -0.05) is 52.3 Å². The zero-order valence-electron chi connectivity index (χ0n) is 31.9. The van der Waals surface area contributed by atoms with E-state index >= 15 is 0 Å². The van der Waals surface area contributed by atoms with Crippen LogP contribution < -0.4 is 20.1 Å². The van der Waals surface area contributed by atoms with Crippen LogP contribution in [0.4, 0.5) is 4.79 Å². The summed E-state index contributed by atoms with van der Waals surface area (Å²) in [5.74, 6) is -0.546. The molecule has 2 aromatic heterocycles. The number of nitrogens with zero attached hydrogens (tertiary/aromatic N) is 3. The van der Waals surface area contributed by atoms with E-state index in [1.807, 2.05) is 26.2 Å². The van der Waals surface area contributed by atoms with E-state index in [1.54, 1.807) is 18.2 Å². The number of alkyl carbamates (subject to hydrolysis) is 1. The van der Waals surface area contributed by atoms with E-state index in [1.165, 1.54) is 35.8 Å². The summed E-state index contributed by atoms with van der Waals surface area (Å²) in [4.78, 5) is 65.4. The molecule has 1 saturated heterocycles. The van der Waals surface area contributed by atoms with Crippen LogP contribution in [0.1, 0.15) is 78.3 Å². The quantitative estimate of drug-likeness (QED) is 0.170. The largest absolute Gasteiger partial charge is 0.495 e. The molecule has 3 saturated carbocycles. The van der Waals surface area contributed by atoms with Gasteiger partial charge in [0.1, 0.15) is 57.1 Å². The number of amides is 3. The number of ether oxygens (including phenoxy) is 3. The number of nitrogens with one attached hydrogen (secondary N) is 2. The smallest absolute Gasteiger partial charge is 0.408 e. The number of methoxy groups -OCH3 is 1. The van der Waals surface area contributed by atoms with E-state index < -0.39 is 58.9 Å². The van der Waals surface area contributed by atoms with E-state index in [-0.39, 0.29) is 36.4 Å². The van der Waals surface area contributed by atoms with Gasteiger partial charge in [-0.2, -0.15) is 0 Å². The molecular weight excluding hydrogens is 746 g/mol. The van der Waals surface area contributed by atoms with E-state index in [4.69, 9.17) is 35.8 Å². The summed E-state index contributed by atoms with van der Waals surface area (Å²) in [6.07, 6.45) is 2.94. The molecule has 4 fully saturated rings. The SMILES string of the molecule is C=C[C@@H]1C[C@]1(NC(=O)[C@@H]1C[C@@H](Oc2cc(-c3nc(C(C)C)cs3)nc3c(Cl)c(OC)ccc23)CN1C(=O)[C@@H](NC(=O)O[C@@H]1C[C@@H]2C[C@@H]2C1)C(C)(C)C)C(=O)O. The van der Waals surface area contributed by atoms with Crippen LogP contribution in [0.3, 0.4) is 0 Å². The highest BCUT2D eigenvalue weighted by Gasteiger charge is 2.61. The number of benzene rings is 1. The van der Waals surface area contributed by atoms with Crippen LogP contribution in [0.25, 0.3) is 21.6 Å². The second-order valence-corrected chi connectivity index (χ2v) is 17.9. The lowest BCUT2D eigenvalue weighted by Gasteiger charge is -2.35. The number of aliphatic carboxylic acids is 1. The molecule has 8 atom stereocenters. The fourth-order valence-electron chi connectivity index (χ4n) is 7.99. The van der Waals surface area contributed by atoms with Crippen molar-refractivity contribution in [2.24, 2.45) is 23.2 Å². The number of rotatable bonds is 12. The monoisotopic (exact) mass is 793 g/mol. The number of carbonyl (C=O) groups excluding carboxylic acids is 3. The van der Waals surface area contributed by atoms with Gasteiger partial charge in [0.05, 0.1) is 24.9 Å². The summed E-state index contributed by atoms with van der Waals surface area (Å²) in [6.45, 7) is 13.3. The van der Waals surface area contributed by atoms with Crippen LogP contribution in [0, 0.1) is 23.2 Å². The fraction of sp³-hybridized carbons (Fsp3) is 0.550. The highest BCUT2D eigenvalue weighted by molar-refractivity contribution is 7.13. The number of carboxylic acid groups (broad SMARTS) is 1. The predicted molar refractivity (Wildman–Crippen MR) is 207 cm³/mol. The van der Waals surface area contributed by atoms with Crippen LogP contribution >= 0.6 is 22.9 Å². The van der Waals surface area contributed by atoms with Gasteiger partial charge in [-0.3, -0.25) is 9.59 Å². The molecule has 1 aromatic carbocycles. The summed E-state index contributed by atoms with van der Waals surface area (Å²) < 4.78 is 17.9. The summed E-state index contributed by atoms with van der Waals surface area (Å²) in [6, 6.07) is 3.08. The van der Waals surface area contributed by atoms with Crippen LogP contribution in [-0.4, -0.2) is 87.3 Å². The van der Waals surface area contributed by atoms with Crippen molar-refractivity contribution in [3.8, 4) is 22.2 Å². The maximum absolute atomic E-state index is 14.6. The number of aromatic nitrogens is 2. The minimum Gasteiger partial charge on any atom is -0.495 e. The molecule has 3 N–H and O–H groups in total. The van der Waals surface area contributed by atoms with Gasteiger partial charge in [0.15, 0.2) is 0 Å². The summed E-state index contributed by atoms with van der Waals surface area (Å²) in [5.41, 5.74) is -0.432. The van der Waals surface area contributed by atoms with Gasteiger partial charge in [-0.05, 0) is 61.0 Å². The van der Waals surface area contributed by atoms with Crippen molar-refractivity contribution in [1.82, 2.24) is 25.5 Å². The van der Waals surface area contributed by atoms with Crippen LogP contribution in [0.15, 0.2) is 36.2 Å². The van der Waals surface area contributed by atoms with Crippen LogP contribution in [0.2, 0.25) is 5.02 Å². The van der Waals surface area contributed by atoms with E-state index in [9.17, 15) is 24.3 Å². The summed E-state index contributed by atoms with van der Waals surface area (Å²) in [7, 11) is 1.52. The van der Waals surface area contributed by atoms with Crippen molar-refractivity contribution < 1.29 is 38.5 Å². The molecule has 0 unspecified atom stereocenters. The third-order valence-corrected chi connectivity index (χ3v) is 12.7. The average molecular weight is 794 g/mol. The van der Waals surface area contributed by atoms with Crippen molar-refractivity contribution in [3.05, 3.63) is 47.0 Å². The Morgan fingerprint density at radius 1 is 1.09 bits per heavy atom. The van der Waals surface area contributed by atoms with Gasteiger partial charge in [0.2, 0.25) is 11.8 Å². The van der Waals surface area contributed by atoms with Gasteiger partial charge in [-0.15, -0.1) is 17.9 Å². The Bertz CT molecular complexity index is 2040. The first-order valence-electron chi connectivity index (χ1n) is 18.8. The van der Waals surface area contributed by atoms with Crippen LogP contribution in [-0.2, 0) is 19.1 Å². The molecule has 7 rings (SSSR count). The lowest BCUT2D eigenvalue weighted by atomic mass is 9.85. The third kappa shape index (κ3) is 7.59. The zero-order chi connectivity index (χ0) is 39.6. The minimum atomic E-state index is -1.52. The number of carbonyl (C=O) groups is 4. The second-order valence-electron chi connectivity index (χ2n) is 16.7. The first-order valence-corrected chi connectivity index (χ1v) is 20.0. The molecule has 0 bridgehead atoms. The molecule has 0 spiro atoms. The number of hydrogen-bond acceptors (Lipinski definition) is 10. The number of thiazole rings is 1. The Labute approximate surface area is 329 Å². The highest BCUT2D eigenvalue weighted by atomic mass is 35.5. The van der Waals surface area contributed by atoms with E-state index in [0.717, 1.165) is 18.5 Å². The Kier molecular flexibility index (Phi) is 10.3. The molecule has 13 nitrogen and oxygen atoms in total. The van der Waals surface area contributed by atoms with Crippen molar-refractivity contribution in [1.29, 1.82) is 0 Å². The van der Waals surface area contributed by atoms with Crippen molar-refractivity contribution in [3.63, 3.8) is 0 Å². The second kappa shape index (κ2) is 14.6. The van der Waals surface area contributed by atoms with Gasteiger partial charge < -0.3 is 34.9 Å². The lowest BCUT2D eigenvalue weighted by molar-refractivity contribution is -0.146. The van der Waals surface area contributed by atoms with Gasteiger partial charge in [0, 0.05) is 29.2 Å². The maximum atomic E-state index is 14.6. The van der Waals surface area contributed by atoms with Gasteiger partial charge >= 0.3 is 12.1 Å². The fourth-order valence-corrected chi connectivity index (χ4v) is 9.21. The average Bonchev–Trinajstić information content (AvgIpc) is 3.77. The zero-order valence-corrected chi connectivity index (χ0v) is 33.5. The summed E-state index contributed by atoms with van der Waals surface area (Å²) in [5, 5.41) is 19.2. The molecular formula is C40H48ClN5O8S. The van der Waals surface area contributed by atoms with Crippen LogP contribution in [0.5, 0.6) is 11.5 Å². The number of hydrogen-bond donors (Lipinski definition) is 3. The topological polar surface area (TPSA) is 169 Å². The standard InChI is InChI=1S/C40H48ClN5O8S/c1-8-22-16-40(22,37(49)50)45-34(47)28-14-24(17-46(28)36(48)33(39(4,5)6)44-38(51)54-23-12-20-11-21(20)13-23)53-30-15-26(35-43-27(18-55-35)19(2)3)42-32-25(30)9-10-29(52-7)31(32)41/h8-10,15,18-24,28,33H,1,11-14,16-17H2,2-7H3,(H,44,51)(H,45,47)(H,49,50)/t20-,21+,22-,23+,24-,28+,33-,40-/m1/s1. The molecule has 55 heavy (non-hydrogen) atoms. The predicted octanol–water partition coefficient (Wildman–Crippen LogP) is 6.58. The molecule has 0 radical (unpaired) electrons. The minimum absolute atomic E-state index is 0.0328. The first kappa shape index (κ1) is 38.8. The Balaban J connectivity index is 1.21. The normalized spacial score (nSPS) is 27.3. The molecule has 15 heteroatoms. The van der Waals surface area contributed by atoms with Crippen molar-refractivity contribution >= 4 is 57.7 Å². The molecule has 4 aliphatic rings. The lowest BCUT2D eigenvalue weighted by Crippen LogP contribution is -2.59. The van der Waals surface area contributed by atoms with E-state index in [0.29, 0.717) is 44.9 Å². The number of likely N-dealkylation sites (tertiary alicyclic amines) is 1. The molecule has 3 aliphatic carbocycles. The molecule has 294 valence electrons. The van der Waals surface area contributed by atoms with Crippen molar-refractivity contribution in [2.75, 3.05) is 13.7 Å². The first-order chi connectivity index (χ1) is 26.0. The van der Waals surface area contributed by atoms with E-state index in [2.05, 4.69) is 31.1 Å². The number of halogens is 1. The Hall–Kier alpha value is -4.43. The third-order valence-electron chi connectivity index (χ3n) is 11.4. The Morgan fingerprint density at radius 2 is 1.82 bits per heavy atom. The number of fused-ring (bicyclic) bond motifs is 2. The molecule has 3 aromatic rings. The number of carboxylic acids is 1. The van der Waals surface area contributed by atoms with Crippen molar-refractivity contribution in [2.45, 2.75) is 102 Å².